The molecule has 0 aliphatic heterocycles. The fourth-order valence-corrected chi connectivity index (χ4v) is 1.39. The zero-order valence-corrected chi connectivity index (χ0v) is 10.7. The van der Waals surface area contributed by atoms with E-state index >= 15 is 0 Å². The molecule has 0 heterocycles. The number of esters is 1. The predicted molar refractivity (Wildman–Crippen MR) is 67.0 cm³/mol. The molecular weight excluding hydrogens is 218 g/mol. The Balaban J connectivity index is 2.72. The van der Waals surface area contributed by atoms with Crippen molar-refractivity contribution in [1.29, 1.82) is 0 Å². The molecule has 0 amide bonds. The first-order valence-corrected chi connectivity index (χ1v) is 5.46. The van der Waals surface area contributed by atoms with Crippen LogP contribution in [0, 0.1) is 0 Å². The zero-order chi connectivity index (χ0) is 13.1. The summed E-state index contributed by atoms with van der Waals surface area (Å²) in [4.78, 5) is 11.6. The lowest BCUT2D eigenvalue weighted by molar-refractivity contribution is -0.153. The van der Waals surface area contributed by atoms with E-state index in [0.717, 1.165) is 5.56 Å². The third-order valence-electron chi connectivity index (χ3n) is 2.11. The molecule has 0 saturated carbocycles. The molecule has 0 bridgehead atoms. The van der Waals surface area contributed by atoms with Gasteiger partial charge in [0.15, 0.2) is 0 Å². The summed E-state index contributed by atoms with van der Waals surface area (Å²) in [6, 6.07) is 5.24. The highest BCUT2D eigenvalue weighted by molar-refractivity contribution is 5.75. The molecule has 0 spiro atoms. The van der Waals surface area contributed by atoms with E-state index in [1.54, 1.807) is 25.3 Å². The molecule has 4 heteroatoms. The van der Waals surface area contributed by atoms with Gasteiger partial charge < -0.3 is 15.2 Å². The van der Waals surface area contributed by atoms with Gasteiger partial charge in [0.1, 0.15) is 11.4 Å². The van der Waals surface area contributed by atoms with Gasteiger partial charge in [0.25, 0.3) is 0 Å². The Hall–Kier alpha value is -1.71. The van der Waals surface area contributed by atoms with Crippen molar-refractivity contribution in [3.8, 4) is 5.75 Å². The number of nitrogens with two attached hydrogens (primary N) is 1. The van der Waals surface area contributed by atoms with E-state index in [2.05, 4.69) is 0 Å². The Kier molecular flexibility index (Phi) is 3.99. The lowest BCUT2D eigenvalue weighted by Crippen LogP contribution is -2.25. The number of methoxy groups -OCH3 is 1. The largest absolute Gasteiger partial charge is 0.497 e. The minimum Gasteiger partial charge on any atom is -0.497 e. The van der Waals surface area contributed by atoms with Gasteiger partial charge in [-0.15, -0.1) is 0 Å². The molecule has 1 aromatic carbocycles. The Labute approximate surface area is 102 Å². The molecule has 0 fully saturated rings. The van der Waals surface area contributed by atoms with E-state index in [1.807, 2.05) is 20.8 Å². The summed E-state index contributed by atoms with van der Waals surface area (Å²) < 4.78 is 10.3. The van der Waals surface area contributed by atoms with Crippen molar-refractivity contribution in [2.75, 3.05) is 12.8 Å². The van der Waals surface area contributed by atoms with Crippen molar-refractivity contribution < 1.29 is 14.3 Å². The maximum atomic E-state index is 11.6. The van der Waals surface area contributed by atoms with E-state index in [4.69, 9.17) is 15.2 Å². The van der Waals surface area contributed by atoms with Gasteiger partial charge in [-0.2, -0.15) is 0 Å². The van der Waals surface area contributed by atoms with E-state index in [0.29, 0.717) is 11.4 Å². The summed E-state index contributed by atoms with van der Waals surface area (Å²) in [7, 11) is 1.57. The number of anilines is 1. The lowest BCUT2D eigenvalue weighted by Gasteiger charge is -2.19. The number of benzene rings is 1. The van der Waals surface area contributed by atoms with E-state index in [-0.39, 0.29) is 12.4 Å². The van der Waals surface area contributed by atoms with Gasteiger partial charge in [0.2, 0.25) is 0 Å². The van der Waals surface area contributed by atoms with E-state index in [9.17, 15) is 4.79 Å². The maximum Gasteiger partial charge on any atom is 0.310 e. The molecule has 0 aliphatic rings. The van der Waals surface area contributed by atoms with E-state index in [1.165, 1.54) is 0 Å². The van der Waals surface area contributed by atoms with Gasteiger partial charge in [-0.1, -0.05) is 6.07 Å². The van der Waals surface area contributed by atoms with Crippen LogP contribution in [0.2, 0.25) is 0 Å². The van der Waals surface area contributed by atoms with Gasteiger partial charge in [0.05, 0.1) is 13.5 Å². The van der Waals surface area contributed by atoms with Crippen LogP contribution in [-0.2, 0) is 16.0 Å². The van der Waals surface area contributed by atoms with Crippen molar-refractivity contribution in [3.05, 3.63) is 23.8 Å². The molecule has 94 valence electrons. The summed E-state index contributed by atoms with van der Waals surface area (Å²) >= 11 is 0. The molecule has 0 saturated heterocycles. The number of carbonyl (C=O) groups excluding carboxylic acids is 1. The summed E-state index contributed by atoms with van der Waals surface area (Å²) in [5, 5.41) is 0. The third-order valence-corrected chi connectivity index (χ3v) is 2.11. The summed E-state index contributed by atoms with van der Waals surface area (Å²) in [6.45, 7) is 5.51. The first kappa shape index (κ1) is 13.4. The van der Waals surface area contributed by atoms with Crippen LogP contribution in [0.25, 0.3) is 0 Å². The van der Waals surface area contributed by atoms with Crippen LogP contribution >= 0.6 is 0 Å². The second-order valence-corrected chi connectivity index (χ2v) is 4.83. The summed E-state index contributed by atoms with van der Waals surface area (Å²) in [5.74, 6) is 0.393. The number of hydrogen-bond acceptors (Lipinski definition) is 4. The van der Waals surface area contributed by atoms with Crippen LogP contribution in [0.4, 0.5) is 5.69 Å². The van der Waals surface area contributed by atoms with Crippen molar-refractivity contribution in [1.82, 2.24) is 0 Å². The maximum absolute atomic E-state index is 11.6. The van der Waals surface area contributed by atoms with Crippen molar-refractivity contribution in [3.63, 3.8) is 0 Å². The Morgan fingerprint density at radius 2 is 2.00 bits per heavy atom. The van der Waals surface area contributed by atoms with Gasteiger partial charge >= 0.3 is 5.97 Å². The highest BCUT2D eigenvalue weighted by Gasteiger charge is 2.17. The molecule has 1 aromatic rings. The normalized spacial score (nSPS) is 11.1. The minimum absolute atomic E-state index is 0.174. The first-order chi connectivity index (χ1) is 7.81. The van der Waals surface area contributed by atoms with Crippen LogP contribution < -0.4 is 10.5 Å². The smallest absolute Gasteiger partial charge is 0.310 e. The summed E-state index contributed by atoms with van der Waals surface area (Å²) in [6.07, 6.45) is 0.174. The zero-order valence-electron chi connectivity index (χ0n) is 10.7. The average Bonchev–Trinajstić information content (AvgIpc) is 2.18. The monoisotopic (exact) mass is 237 g/mol. The van der Waals surface area contributed by atoms with Crippen LogP contribution in [0.3, 0.4) is 0 Å². The fraction of sp³-hybridized carbons (Fsp3) is 0.462. The quantitative estimate of drug-likeness (QED) is 0.646. The van der Waals surface area contributed by atoms with E-state index < -0.39 is 5.60 Å². The molecule has 0 atom stereocenters. The second kappa shape index (κ2) is 5.08. The number of ether oxygens (including phenoxy) is 2. The van der Waals surface area contributed by atoms with Gasteiger partial charge in [-0.25, -0.2) is 0 Å². The van der Waals surface area contributed by atoms with Gasteiger partial charge in [-0.3, -0.25) is 4.79 Å². The third kappa shape index (κ3) is 4.34. The molecule has 17 heavy (non-hydrogen) atoms. The Bertz CT molecular complexity index is 408. The molecule has 0 radical (unpaired) electrons. The molecular formula is C13H19NO3. The molecule has 0 aliphatic carbocycles. The fourth-order valence-electron chi connectivity index (χ4n) is 1.39. The summed E-state index contributed by atoms with van der Waals surface area (Å²) in [5.41, 5.74) is 6.63. The molecule has 0 unspecified atom stereocenters. The highest BCUT2D eigenvalue weighted by Crippen LogP contribution is 2.21. The van der Waals surface area contributed by atoms with Crippen molar-refractivity contribution >= 4 is 11.7 Å². The molecule has 4 nitrogen and oxygen atoms in total. The van der Waals surface area contributed by atoms with Crippen LogP contribution in [0.1, 0.15) is 26.3 Å². The second-order valence-electron chi connectivity index (χ2n) is 4.83. The highest BCUT2D eigenvalue weighted by atomic mass is 16.6. The van der Waals surface area contributed by atoms with Gasteiger partial charge in [0, 0.05) is 11.8 Å². The minimum atomic E-state index is -0.474. The van der Waals surface area contributed by atoms with Gasteiger partial charge in [-0.05, 0) is 32.4 Å². The van der Waals surface area contributed by atoms with Crippen LogP contribution in [-0.4, -0.2) is 18.7 Å². The molecule has 1 rings (SSSR count). The SMILES string of the molecule is COc1ccc(CC(=O)OC(C)(C)C)c(N)c1. The average molecular weight is 237 g/mol. The standard InChI is InChI=1S/C13H19NO3/c1-13(2,3)17-12(15)7-9-5-6-10(16-4)8-11(9)14/h5-6,8H,7,14H2,1-4H3. The number of carbonyl (C=O) groups is 1. The van der Waals surface area contributed by atoms with Crippen LogP contribution in [0.15, 0.2) is 18.2 Å². The lowest BCUT2D eigenvalue weighted by atomic mass is 10.1. The number of nitrogen functional groups attached to an aromatic ring is 1. The molecule has 2 N–H and O–H groups in total. The first-order valence-electron chi connectivity index (χ1n) is 5.46. The van der Waals surface area contributed by atoms with Crippen molar-refractivity contribution in [2.45, 2.75) is 32.8 Å². The van der Waals surface area contributed by atoms with Crippen molar-refractivity contribution in [2.24, 2.45) is 0 Å². The Morgan fingerprint density at radius 1 is 1.35 bits per heavy atom. The number of hydrogen-bond donors (Lipinski definition) is 1. The number of rotatable bonds is 3. The predicted octanol–water partition coefficient (Wildman–Crippen LogP) is 2.16. The topological polar surface area (TPSA) is 61.5 Å². The van der Waals surface area contributed by atoms with Crippen LogP contribution in [0.5, 0.6) is 5.75 Å². The molecule has 0 aromatic heterocycles. The Morgan fingerprint density at radius 3 is 2.47 bits per heavy atom.